The first-order chi connectivity index (χ1) is 9.51. The van der Waals surface area contributed by atoms with Gasteiger partial charge in [0.2, 0.25) is 0 Å². The van der Waals surface area contributed by atoms with Gasteiger partial charge >= 0.3 is 0 Å². The maximum absolute atomic E-state index is 13.6. The van der Waals surface area contributed by atoms with Crippen LogP contribution in [-0.2, 0) is 6.42 Å². The lowest BCUT2D eigenvalue weighted by Crippen LogP contribution is -2.35. The molecule has 5 heteroatoms. The second-order valence-corrected chi connectivity index (χ2v) is 8.19. The van der Waals surface area contributed by atoms with Crippen LogP contribution >= 0.6 is 23.5 Å². The molecule has 1 aliphatic rings. The van der Waals surface area contributed by atoms with Crippen molar-refractivity contribution in [3.63, 3.8) is 0 Å². The summed E-state index contributed by atoms with van der Waals surface area (Å²) in [5, 5.41) is 11.7. The van der Waals surface area contributed by atoms with Gasteiger partial charge in [-0.05, 0) is 24.1 Å². The number of aliphatic hydroxyl groups excluding tert-OH is 1. The number of methoxy groups -OCH3 is 1. The molecule has 4 atom stereocenters. The van der Waals surface area contributed by atoms with Crippen molar-refractivity contribution in [1.29, 1.82) is 0 Å². The first-order valence-corrected chi connectivity index (χ1v) is 8.78. The average molecular weight is 316 g/mol. The fourth-order valence-corrected chi connectivity index (χ4v) is 5.23. The predicted molar refractivity (Wildman–Crippen MR) is 85.4 cm³/mol. The highest BCUT2D eigenvalue weighted by Gasteiger charge is 2.30. The lowest BCUT2D eigenvalue weighted by molar-refractivity contribution is 0.177. The van der Waals surface area contributed by atoms with Gasteiger partial charge in [-0.25, -0.2) is 4.39 Å². The Hall–Kier alpha value is -0.390. The maximum atomic E-state index is 13.6. The van der Waals surface area contributed by atoms with E-state index in [0.29, 0.717) is 16.9 Å². The molecule has 2 nitrogen and oxygen atoms in total. The number of hydrogen-bond donors (Lipinski definition) is 1. The van der Waals surface area contributed by atoms with E-state index in [-0.39, 0.29) is 16.8 Å². The summed E-state index contributed by atoms with van der Waals surface area (Å²) in [7, 11) is 1.45. The zero-order valence-corrected chi connectivity index (χ0v) is 13.6. The highest BCUT2D eigenvalue weighted by Crippen LogP contribution is 2.37. The summed E-state index contributed by atoms with van der Waals surface area (Å²) in [5.41, 5.74) is 0.813. The molecular formula is C15H21FO2S2. The molecule has 0 saturated carbocycles. The molecule has 1 N–H and O–H groups in total. The molecule has 0 amide bonds. The van der Waals surface area contributed by atoms with Gasteiger partial charge in [0.1, 0.15) is 0 Å². The zero-order chi connectivity index (χ0) is 14.7. The van der Waals surface area contributed by atoms with E-state index >= 15 is 0 Å². The highest BCUT2D eigenvalue weighted by molar-refractivity contribution is 8.07. The molecule has 1 heterocycles. The average Bonchev–Trinajstić information content (AvgIpc) is 2.42. The van der Waals surface area contributed by atoms with Gasteiger partial charge in [-0.3, -0.25) is 0 Å². The van der Waals surface area contributed by atoms with Crippen molar-refractivity contribution in [3.05, 3.63) is 29.6 Å². The van der Waals surface area contributed by atoms with E-state index in [1.54, 1.807) is 6.07 Å². The third-order valence-electron chi connectivity index (χ3n) is 3.66. The maximum Gasteiger partial charge on any atom is 0.165 e. The molecule has 0 bridgehead atoms. The molecule has 1 fully saturated rings. The van der Waals surface area contributed by atoms with Crippen molar-refractivity contribution < 1.29 is 14.2 Å². The zero-order valence-electron chi connectivity index (χ0n) is 12.0. The fraction of sp³-hybridized carbons (Fsp3) is 0.600. The Balaban J connectivity index is 1.97. The summed E-state index contributed by atoms with van der Waals surface area (Å²) in [6, 6.07) is 4.89. The van der Waals surface area contributed by atoms with Gasteiger partial charge in [-0.1, -0.05) is 19.9 Å². The Bertz CT molecular complexity index is 455. The number of halogens is 1. The number of benzene rings is 1. The number of hydrogen-bond acceptors (Lipinski definition) is 4. The number of thioether (sulfide) groups is 2. The van der Waals surface area contributed by atoms with Crippen molar-refractivity contribution in [2.24, 2.45) is 0 Å². The van der Waals surface area contributed by atoms with Gasteiger partial charge in [-0.15, -0.1) is 0 Å². The van der Waals surface area contributed by atoms with E-state index in [2.05, 4.69) is 13.8 Å². The summed E-state index contributed by atoms with van der Waals surface area (Å²) in [6.45, 7) is 4.43. The SMILES string of the molecule is COc1ccc(CC(O)C2CSC(C)C(C)S2)cc1F. The van der Waals surface area contributed by atoms with Crippen LogP contribution in [0.25, 0.3) is 0 Å². The van der Waals surface area contributed by atoms with Gasteiger partial charge < -0.3 is 9.84 Å². The van der Waals surface area contributed by atoms with Crippen LogP contribution in [0.1, 0.15) is 19.4 Å². The quantitative estimate of drug-likeness (QED) is 0.922. The minimum absolute atomic E-state index is 0.219. The number of aliphatic hydroxyl groups is 1. The Morgan fingerprint density at radius 1 is 1.40 bits per heavy atom. The van der Waals surface area contributed by atoms with Crippen LogP contribution in [0.5, 0.6) is 5.75 Å². The molecule has 1 aromatic carbocycles. The van der Waals surface area contributed by atoms with Crippen LogP contribution in [0.2, 0.25) is 0 Å². The molecule has 20 heavy (non-hydrogen) atoms. The van der Waals surface area contributed by atoms with E-state index < -0.39 is 6.10 Å². The van der Waals surface area contributed by atoms with Crippen LogP contribution in [-0.4, -0.2) is 39.8 Å². The van der Waals surface area contributed by atoms with E-state index in [1.165, 1.54) is 13.2 Å². The molecular weight excluding hydrogens is 295 g/mol. The molecule has 4 unspecified atom stereocenters. The largest absolute Gasteiger partial charge is 0.494 e. The highest BCUT2D eigenvalue weighted by atomic mass is 32.2. The molecule has 0 spiro atoms. The molecule has 0 aromatic heterocycles. The standard InChI is InChI=1S/C15H21FO2S2/c1-9-10(2)20-15(8-19-9)13(17)7-11-4-5-14(18-3)12(16)6-11/h4-6,9-10,13,15,17H,7-8H2,1-3H3. The van der Waals surface area contributed by atoms with Crippen LogP contribution in [0.3, 0.4) is 0 Å². The van der Waals surface area contributed by atoms with Crippen LogP contribution < -0.4 is 4.74 Å². The van der Waals surface area contributed by atoms with Crippen molar-refractivity contribution >= 4 is 23.5 Å². The fourth-order valence-electron chi connectivity index (χ4n) is 2.22. The third-order valence-corrected chi connectivity index (χ3v) is 7.20. The van der Waals surface area contributed by atoms with Gasteiger partial charge in [0, 0.05) is 21.5 Å². The summed E-state index contributed by atoms with van der Waals surface area (Å²) in [4.78, 5) is 0. The van der Waals surface area contributed by atoms with E-state index in [1.807, 2.05) is 29.6 Å². The Labute approximate surface area is 128 Å². The van der Waals surface area contributed by atoms with Crippen molar-refractivity contribution in [3.8, 4) is 5.75 Å². The van der Waals surface area contributed by atoms with Crippen molar-refractivity contribution in [1.82, 2.24) is 0 Å². The van der Waals surface area contributed by atoms with Crippen molar-refractivity contribution in [2.45, 2.75) is 42.1 Å². The summed E-state index contributed by atoms with van der Waals surface area (Å²) >= 11 is 3.75. The first-order valence-electron chi connectivity index (χ1n) is 6.78. The van der Waals surface area contributed by atoms with Crippen LogP contribution in [0, 0.1) is 5.82 Å². The minimum atomic E-state index is -0.435. The lowest BCUT2D eigenvalue weighted by Gasteiger charge is -2.33. The van der Waals surface area contributed by atoms with Gasteiger partial charge in [0.05, 0.1) is 13.2 Å². The summed E-state index contributed by atoms with van der Waals surface area (Å²) in [5.74, 6) is 0.828. The Morgan fingerprint density at radius 3 is 2.75 bits per heavy atom. The molecule has 0 aliphatic carbocycles. The molecule has 1 aliphatic heterocycles. The molecule has 1 saturated heterocycles. The van der Waals surface area contributed by atoms with Gasteiger partial charge in [0.15, 0.2) is 11.6 Å². The molecule has 0 radical (unpaired) electrons. The van der Waals surface area contributed by atoms with Crippen LogP contribution in [0.15, 0.2) is 18.2 Å². The number of rotatable bonds is 4. The topological polar surface area (TPSA) is 29.5 Å². The van der Waals surface area contributed by atoms with E-state index in [0.717, 1.165) is 11.3 Å². The minimum Gasteiger partial charge on any atom is -0.494 e. The van der Waals surface area contributed by atoms with Crippen molar-refractivity contribution in [2.75, 3.05) is 12.9 Å². The summed E-state index contributed by atoms with van der Waals surface area (Å²) in [6.07, 6.45) is 0.0514. The first kappa shape index (κ1) is 16.0. The third kappa shape index (κ3) is 3.83. The number of ether oxygens (including phenoxy) is 1. The van der Waals surface area contributed by atoms with Gasteiger partial charge in [-0.2, -0.15) is 23.5 Å². The smallest absolute Gasteiger partial charge is 0.165 e. The van der Waals surface area contributed by atoms with E-state index in [9.17, 15) is 9.50 Å². The molecule has 112 valence electrons. The second-order valence-electron chi connectivity index (χ2n) is 5.16. The summed E-state index contributed by atoms with van der Waals surface area (Å²) < 4.78 is 18.5. The van der Waals surface area contributed by atoms with E-state index in [4.69, 9.17) is 4.74 Å². The predicted octanol–water partition coefficient (Wildman–Crippen LogP) is 3.36. The Kier molecular flexibility index (Phi) is 5.64. The molecule has 2 rings (SSSR count). The monoisotopic (exact) mass is 316 g/mol. The lowest BCUT2D eigenvalue weighted by atomic mass is 10.1. The second kappa shape index (κ2) is 7.05. The molecule has 1 aromatic rings. The Morgan fingerprint density at radius 2 is 2.15 bits per heavy atom. The van der Waals surface area contributed by atoms with Crippen LogP contribution in [0.4, 0.5) is 4.39 Å². The van der Waals surface area contributed by atoms with Gasteiger partial charge in [0.25, 0.3) is 0 Å². The normalized spacial score (nSPS) is 28.1.